The fraction of sp³-hybridized carbons (Fsp3) is 0.500. The largest absolute Gasteiger partial charge is 0.474 e. The number of rotatable bonds is 2. The molecular weight excluding hydrogens is 165 g/mol. The van der Waals surface area contributed by atoms with Gasteiger partial charge in [-0.3, -0.25) is 0 Å². The van der Waals surface area contributed by atoms with E-state index < -0.39 is 0 Å². The maximum absolute atomic E-state index is 5.65. The molecule has 1 saturated heterocycles. The minimum Gasteiger partial charge on any atom is -0.474 e. The molecule has 2 heterocycles. The minimum atomic E-state index is 0.303. The first-order chi connectivity index (χ1) is 6.36. The zero-order valence-corrected chi connectivity index (χ0v) is 7.44. The Balaban J connectivity index is 2.04. The Bertz CT molecular complexity index is 288. The number of nitrogens with two attached hydrogens (primary N) is 1. The standard InChI is InChI=1S/C8H12BN3O/c10-7-4-11-5-12-8(7)13-6-1-2-9-3-6/h4-6,9H,1-3,10H2. The number of hydrogen-bond acceptors (Lipinski definition) is 4. The third-order valence-electron chi connectivity index (χ3n) is 2.28. The van der Waals surface area contributed by atoms with Gasteiger partial charge in [-0.15, -0.1) is 0 Å². The van der Waals surface area contributed by atoms with E-state index in [2.05, 4.69) is 9.97 Å². The van der Waals surface area contributed by atoms with Crippen molar-refractivity contribution in [3.63, 3.8) is 0 Å². The highest BCUT2D eigenvalue weighted by Crippen LogP contribution is 2.22. The zero-order chi connectivity index (χ0) is 9.10. The number of nitrogens with zero attached hydrogens (tertiary/aromatic N) is 2. The smallest absolute Gasteiger partial charge is 0.240 e. The average Bonchev–Trinajstić information content (AvgIpc) is 2.61. The lowest BCUT2D eigenvalue weighted by Gasteiger charge is -2.12. The first-order valence-corrected chi connectivity index (χ1v) is 4.58. The van der Waals surface area contributed by atoms with Crippen molar-refractivity contribution >= 4 is 13.0 Å². The Morgan fingerprint density at radius 3 is 3.23 bits per heavy atom. The summed E-state index contributed by atoms with van der Waals surface area (Å²) >= 11 is 0. The molecule has 1 unspecified atom stereocenters. The first kappa shape index (κ1) is 8.35. The molecule has 0 radical (unpaired) electrons. The van der Waals surface area contributed by atoms with E-state index in [1.54, 1.807) is 6.20 Å². The summed E-state index contributed by atoms with van der Waals surface area (Å²) in [6, 6.07) is 0. The third-order valence-corrected chi connectivity index (χ3v) is 2.28. The maximum Gasteiger partial charge on any atom is 0.240 e. The Kier molecular flexibility index (Phi) is 2.34. The molecule has 0 saturated carbocycles. The predicted molar refractivity (Wildman–Crippen MR) is 52.2 cm³/mol. The highest BCUT2D eigenvalue weighted by Gasteiger charge is 2.18. The molecule has 0 bridgehead atoms. The van der Waals surface area contributed by atoms with Crippen LogP contribution < -0.4 is 10.5 Å². The van der Waals surface area contributed by atoms with Gasteiger partial charge in [0, 0.05) is 0 Å². The van der Waals surface area contributed by atoms with Gasteiger partial charge in [-0.25, -0.2) is 4.98 Å². The summed E-state index contributed by atoms with van der Waals surface area (Å²) in [6.45, 7) is 0. The molecule has 13 heavy (non-hydrogen) atoms. The van der Waals surface area contributed by atoms with Crippen molar-refractivity contribution in [2.75, 3.05) is 5.73 Å². The summed E-state index contributed by atoms with van der Waals surface area (Å²) in [5.41, 5.74) is 6.17. The van der Waals surface area contributed by atoms with E-state index in [1.165, 1.54) is 19.9 Å². The molecule has 0 amide bonds. The van der Waals surface area contributed by atoms with Crippen LogP contribution in [0.3, 0.4) is 0 Å². The maximum atomic E-state index is 5.65. The Hall–Kier alpha value is -1.26. The van der Waals surface area contributed by atoms with E-state index in [-0.39, 0.29) is 0 Å². The summed E-state index contributed by atoms with van der Waals surface area (Å²) in [7, 11) is 1.25. The van der Waals surface area contributed by atoms with Crippen LogP contribution in [0.2, 0.25) is 12.6 Å². The molecular formula is C8H12BN3O. The van der Waals surface area contributed by atoms with E-state index in [0.717, 1.165) is 12.7 Å². The number of aromatic nitrogens is 2. The van der Waals surface area contributed by atoms with E-state index in [1.807, 2.05) is 0 Å². The van der Waals surface area contributed by atoms with E-state index in [4.69, 9.17) is 10.5 Å². The lowest BCUT2D eigenvalue weighted by Crippen LogP contribution is -2.13. The van der Waals surface area contributed by atoms with Crippen LogP contribution in [0.5, 0.6) is 5.88 Å². The molecule has 1 fully saturated rings. The second-order valence-corrected chi connectivity index (χ2v) is 3.31. The summed E-state index contributed by atoms with van der Waals surface area (Å²) in [5, 5.41) is 0. The van der Waals surface area contributed by atoms with Gasteiger partial charge < -0.3 is 10.5 Å². The van der Waals surface area contributed by atoms with Crippen molar-refractivity contribution in [2.24, 2.45) is 0 Å². The van der Waals surface area contributed by atoms with Crippen LogP contribution in [0.25, 0.3) is 0 Å². The van der Waals surface area contributed by atoms with E-state index in [9.17, 15) is 0 Å². The molecule has 5 heteroatoms. The number of nitrogen functional groups attached to an aromatic ring is 1. The topological polar surface area (TPSA) is 61.0 Å². The molecule has 0 aliphatic carbocycles. The highest BCUT2D eigenvalue weighted by molar-refractivity contribution is 6.36. The van der Waals surface area contributed by atoms with Crippen molar-refractivity contribution < 1.29 is 4.74 Å². The zero-order valence-electron chi connectivity index (χ0n) is 7.44. The van der Waals surface area contributed by atoms with Crippen LogP contribution in [-0.2, 0) is 0 Å². The van der Waals surface area contributed by atoms with Gasteiger partial charge in [-0.05, 0) is 12.7 Å². The van der Waals surface area contributed by atoms with Gasteiger partial charge in [0.1, 0.15) is 19.3 Å². The summed E-state index contributed by atoms with van der Waals surface area (Å²) < 4.78 is 5.63. The van der Waals surface area contributed by atoms with Crippen LogP contribution in [0.4, 0.5) is 5.69 Å². The lowest BCUT2D eigenvalue weighted by molar-refractivity contribution is 0.218. The van der Waals surface area contributed by atoms with Crippen molar-refractivity contribution in [3.8, 4) is 5.88 Å². The Morgan fingerprint density at radius 1 is 1.62 bits per heavy atom. The lowest BCUT2D eigenvalue weighted by atomic mass is 9.77. The van der Waals surface area contributed by atoms with Gasteiger partial charge in [0.2, 0.25) is 5.88 Å². The molecule has 0 spiro atoms. The number of hydrogen-bond donors (Lipinski definition) is 1. The van der Waals surface area contributed by atoms with Gasteiger partial charge in [-0.1, -0.05) is 6.32 Å². The Morgan fingerprint density at radius 2 is 2.54 bits per heavy atom. The van der Waals surface area contributed by atoms with Crippen molar-refractivity contribution in [2.45, 2.75) is 25.2 Å². The van der Waals surface area contributed by atoms with Gasteiger partial charge in [0.15, 0.2) is 0 Å². The normalized spacial score (nSPS) is 21.1. The van der Waals surface area contributed by atoms with Crippen molar-refractivity contribution in [1.82, 2.24) is 9.97 Å². The van der Waals surface area contributed by atoms with E-state index in [0.29, 0.717) is 17.7 Å². The average molecular weight is 177 g/mol. The molecule has 2 rings (SSSR count). The molecule has 1 atom stereocenters. The third kappa shape index (κ3) is 1.91. The van der Waals surface area contributed by atoms with Crippen LogP contribution in [0.15, 0.2) is 12.5 Å². The Labute approximate surface area is 77.8 Å². The molecule has 0 aromatic carbocycles. The first-order valence-electron chi connectivity index (χ1n) is 4.58. The van der Waals surface area contributed by atoms with Crippen LogP contribution >= 0.6 is 0 Å². The number of anilines is 1. The second kappa shape index (κ2) is 3.64. The minimum absolute atomic E-state index is 0.303. The summed E-state index contributed by atoms with van der Waals surface area (Å²) in [5.74, 6) is 0.530. The molecule has 1 aromatic rings. The summed E-state index contributed by atoms with van der Waals surface area (Å²) in [6.07, 6.45) is 6.80. The monoisotopic (exact) mass is 177 g/mol. The number of ether oxygens (including phenoxy) is 1. The van der Waals surface area contributed by atoms with Crippen LogP contribution in [-0.4, -0.2) is 23.4 Å². The molecule has 2 N–H and O–H groups in total. The molecule has 68 valence electrons. The molecule has 1 aliphatic rings. The van der Waals surface area contributed by atoms with Crippen LogP contribution in [0.1, 0.15) is 6.42 Å². The van der Waals surface area contributed by atoms with Gasteiger partial charge in [-0.2, -0.15) is 4.98 Å². The summed E-state index contributed by atoms with van der Waals surface area (Å²) in [4.78, 5) is 7.79. The predicted octanol–water partition coefficient (Wildman–Crippen LogP) is 0.483. The van der Waals surface area contributed by atoms with Gasteiger partial charge in [0.25, 0.3) is 0 Å². The van der Waals surface area contributed by atoms with Crippen molar-refractivity contribution in [1.29, 1.82) is 0 Å². The quantitative estimate of drug-likeness (QED) is 0.667. The molecule has 1 aromatic heterocycles. The second-order valence-electron chi connectivity index (χ2n) is 3.31. The molecule has 4 nitrogen and oxygen atoms in total. The van der Waals surface area contributed by atoms with Gasteiger partial charge >= 0.3 is 0 Å². The van der Waals surface area contributed by atoms with Crippen LogP contribution in [0, 0.1) is 0 Å². The fourth-order valence-electron chi connectivity index (χ4n) is 1.59. The highest BCUT2D eigenvalue weighted by atomic mass is 16.5. The fourth-order valence-corrected chi connectivity index (χ4v) is 1.59. The van der Waals surface area contributed by atoms with Gasteiger partial charge in [0.05, 0.1) is 12.3 Å². The molecule has 1 aliphatic heterocycles. The van der Waals surface area contributed by atoms with E-state index >= 15 is 0 Å². The van der Waals surface area contributed by atoms with Crippen molar-refractivity contribution in [3.05, 3.63) is 12.5 Å². The SMILES string of the molecule is Nc1cncnc1OC1CBCC1.